The quantitative estimate of drug-likeness (QED) is 0.724. The highest BCUT2D eigenvalue weighted by molar-refractivity contribution is 5.93. The van der Waals surface area contributed by atoms with E-state index in [4.69, 9.17) is 9.72 Å². The Bertz CT molecular complexity index is 931. The molecule has 0 bridgehead atoms. The van der Waals surface area contributed by atoms with E-state index in [-0.39, 0.29) is 0 Å². The number of hydrogen-bond donors (Lipinski definition) is 2. The fourth-order valence-electron chi connectivity index (χ4n) is 4.83. The third kappa shape index (κ3) is 3.59. The molecule has 0 radical (unpaired) electrons. The highest BCUT2D eigenvalue weighted by Crippen LogP contribution is 2.36. The van der Waals surface area contributed by atoms with Crippen LogP contribution in [0.2, 0.25) is 0 Å². The topological polar surface area (TPSA) is 67.8 Å². The summed E-state index contributed by atoms with van der Waals surface area (Å²) in [5.74, 6) is 0.612. The van der Waals surface area contributed by atoms with Gasteiger partial charge in [0.25, 0.3) is 0 Å². The minimum absolute atomic E-state index is 0.612. The van der Waals surface area contributed by atoms with Gasteiger partial charge in [-0.05, 0) is 56.1 Å². The van der Waals surface area contributed by atoms with Crippen molar-refractivity contribution in [3.05, 3.63) is 36.4 Å². The molecule has 0 aromatic carbocycles. The molecule has 6 heteroatoms. The van der Waals surface area contributed by atoms with E-state index in [0.717, 1.165) is 37.3 Å². The second kappa shape index (κ2) is 7.68. The van der Waals surface area contributed by atoms with Gasteiger partial charge in [-0.3, -0.25) is 4.68 Å². The van der Waals surface area contributed by atoms with E-state index in [1.807, 2.05) is 24.1 Å². The molecule has 5 rings (SSSR count). The van der Waals surface area contributed by atoms with Crippen LogP contribution in [0, 0.1) is 0 Å². The lowest BCUT2D eigenvalue weighted by molar-refractivity contribution is 0.0729. The average Bonchev–Trinajstić information content (AvgIpc) is 3.35. The lowest BCUT2D eigenvalue weighted by atomic mass is 9.81. The van der Waals surface area contributed by atoms with Gasteiger partial charge in [-0.1, -0.05) is 0 Å². The summed E-state index contributed by atoms with van der Waals surface area (Å²) < 4.78 is 7.33. The molecule has 6 nitrogen and oxygen atoms in total. The minimum atomic E-state index is 0.612. The van der Waals surface area contributed by atoms with Crippen LogP contribution in [0.25, 0.3) is 22.2 Å². The van der Waals surface area contributed by atoms with Crippen LogP contribution in [0.4, 0.5) is 0 Å². The number of nitrogens with one attached hydrogen (secondary N) is 2. The summed E-state index contributed by atoms with van der Waals surface area (Å²) in [7, 11) is 1.95. The van der Waals surface area contributed by atoms with E-state index >= 15 is 0 Å². The SMILES string of the molecule is Cn1cc(-c2c[nH]c3ncc([C@H]4CC[C@@H](NC5CCOCC5)CC4)cc23)cn1. The van der Waals surface area contributed by atoms with Crippen LogP contribution in [0.15, 0.2) is 30.9 Å². The number of fused-ring (bicyclic) bond motifs is 1. The van der Waals surface area contributed by atoms with E-state index in [2.05, 4.69) is 33.9 Å². The van der Waals surface area contributed by atoms with Crippen LogP contribution < -0.4 is 5.32 Å². The van der Waals surface area contributed by atoms with Gasteiger partial charge in [0, 0.05) is 67.4 Å². The zero-order valence-corrected chi connectivity index (χ0v) is 16.5. The molecule has 4 heterocycles. The Labute approximate surface area is 165 Å². The largest absolute Gasteiger partial charge is 0.381 e. The van der Waals surface area contributed by atoms with Gasteiger partial charge in [0.05, 0.1) is 6.20 Å². The van der Waals surface area contributed by atoms with Gasteiger partial charge in [0.2, 0.25) is 0 Å². The van der Waals surface area contributed by atoms with Crippen molar-refractivity contribution < 1.29 is 4.74 Å². The first-order valence-electron chi connectivity index (χ1n) is 10.6. The van der Waals surface area contributed by atoms with Gasteiger partial charge in [-0.25, -0.2) is 4.98 Å². The number of hydrogen-bond acceptors (Lipinski definition) is 4. The summed E-state index contributed by atoms with van der Waals surface area (Å²) in [6, 6.07) is 3.65. The predicted octanol–water partition coefficient (Wildman–Crippen LogP) is 3.76. The summed E-state index contributed by atoms with van der Waals surface area (Å²) in [4.78, 5) is 8.02. The van der Waals surface area contributed by atoms with Gasteiger partial charge < -0.3 is 15.0 Å². The van der Waals surface area contributed by atoms with E-state index in [1.54, 1.807) is 0 Å². The Morgan fingerprint density at radius 3 is 2.61 bits per heavy atom. The fraction of sp³-hybridized carbons (Fsp3) is 0.545. The Morgan fingerprint density at radius 1 is 1.07 bits per heavy atom. The minimum Gasteiger partial charge on any atom is -0.381 e. The molecule has 0 unspecified atom stereocenters. The Kier molecular flexibility index (Phi) is 4.91. The Balaban J connectivity index is 1.29. The van der Waals surface area contributed by atoms with Crippen molar-refractivity contribution >= 4 is 11.0 Å². The van der Waals surface area contributed by atoms with Crippen LogP contribution in [0.3, 0.4) is 0 Å². The van der Waals surface area contributed by atoms with Gasteiger partial charge in [0.15, 0.2) is 0 Å². The van der Waals surface area contributed by atoms with Gasteiger partial charge >= 0.3 is 0 Å². The van der Waals surface area contributed by atoms with Crippen LogP contribution in [-0.4, -0.2) is 45.0 Å². The summed E-state index contributed by atoms with van der Waals surface area (Å²) in [6.45, 7) is 1.82. The zero-order chi connectivity index (χ0) is 18.9. The number of ether oxygens (including phenoxy) is 1. The second-order valence-corrected chi connectivity index (χ2v) is 8.37. The van der Waals surface area contributed by atoms with E-state index in [9.17, 15) is 0 Å². The number of aryl methyl sites for hydroxylation is 1. The summed E-state index contributed by atoms with van der Waals surface area (Å²) in [5, 5.41) is 9.40. The molecule has 3 aromatic rings. The maximum Gasteiger partial charge on any atom is 0.137 e. The van der Waals surface area contributed by atoms with Crippen molar-refractivity contribution in [2.24, 2.45) is 7.05 Å². The Morgan fingerprint density at radius 2 is 1.86 bits per heavy atom. The molecule has 1 aliphatic heterocycles. The van der Waals surface area contributed by atoms with E-state index in [1.165, 1.54) is 42.2 Å². The maximum atomic E-state index is 5.48. The maximum absolute atomic E-state index is 5.48. The van der Waals surface area contributed by atoms with Crippen LogP contribution >= 0.6 is 0 Å². The smallest absolute Gasteiger partial charge is 0.137 e. The van der Waals surface area contributed by atoms with Gasteiger partial charge in [-0.2, -0.15) is 5.10 Å². The molecule has 0 atom stereocenters. The number of H-pyrrole nitrogens is 1. The monoisotopic (exact) mass is 379 g/mol. The molecule has 148 valence electrons. The highest BCUT2D eigenvalue weighted by atomic mass is 16.5. The fourth-order valence-corrected chi connectivity index (χ4v) is 4.83. The first-order valence-corrected chi connectivity index (χ1v) is 10.6. The molecule has 2 N–H and O–H groups in total. The molecule has 28 heavy (non-hydrogen) atoms. The molecule has 2 fully saturated rings. The van der Waals surface area contributed by atoms with Gasteiger partial charge in [-0.15, -0.1) is 0 Å². The highest BCUT2D eigenvalue weighted by Gasteiger charge is 2.25. The molecule has 3 aromatic heterocycles. The van der Waals surface area contributed by atoms with Crippen LogP contribution in [-0.2, 0) is 11.8 Å². The standard InChI is InChI=1S/C22H29N5O/c1-27-14-17(12-25-27)21-13-24-22-20(21)10-16(11-23-22)15-2-4-18(5-3-15)26-19-6-8-28-9-7-19/h10-15,18-19,26H,2-9H2,1H3,(H,23,24)/t15-,18+. The summed E-state index contributed by atoms with van der Waals surface area (Å²) >= 11 is 0. The van der Waals surface area contributed by atoms with Crippen molar-refractivity contribution in [1.29, 1.82) is 0 Å². The van der Waals surface area contributed by atoms with Crippen LogP contribution in [0.5, 0.6) is 0 Å². The first kappa shape index (κ1) is 17.9. The first-order chi connectivity index (χ1) is 13.8. The van der Waals surface area contributed by atoms with Gasteiger partial charge in [0.1, 0.15) is 5.65 Å². The van der Waals surface area contributed by atoms with Crippen molar-refractivity contribution in [3.63, 3.8) is 0 Å². The molecule has 1 saturated carbocycles. The number of pyridine rings is 1. The molecular formula is C22H29N5O. The lowest BCUT2D eigenvalue weighted by Gasteiger charge is -2.33. The second-order valence-electron chi connectivity index (χ2n) is 8.37. The molecule has 1 aliphatic carbocycles. The third-order valence-corrected chi connectivity index (χ3v) is 6.46. The van der Waals surface area contributed by atoms with Crippen molar-refractivity contribution in [2.75, 3.05) is 13.2 Å². The number of aromatic amines is 1. The predicted molar refractivity (Wildman–Crippen MR) is 110 cm³/mol. The van der Waals surface area contributed by atoms with E-state index < -0.39 is 0 Å². The van der Waals surface area contributed by atoms with Crippen molar-refractivity contribution in [1.82, 2.24) is 25.1 Å². The van der Waals surface area contributed by atoms with Crippen molar-refractivity contribution in [3.8, 4) is 11.1 Å². The van der Waals surface area contributed by atoms with Crippen LogP contribution in [0.1, 0.15) is 50.0 Å². The number of nitrogens with zero attached hydrogens (tertiary/aromatic N) is 3. The average molecular weight is 380 g/mol. The summed E-state index contributed by atoms with van der Waals surface area (Å²) in [6.07, 6.45) is 15.4. The molecule has 0 spiro atoms. The molecule has 2 aliphatic rings. The third-order valence-electron chi connectivity index (χ3n) is 6.46. The Hall–Kier alpha value is -2.18. The molecule has 1 saturated heterocycles. The molecular weight excluding hydrogens is 350 g/mol. The zero-order valence-electron chi connectivity index (χ0n) is 16.5. The summed E-state index contributed by atoms with van der Waals surface area (Å²) in [5.41, 5.74) is 4.66. The number of rotatable bonds is 4. The molecule has 0 amide bonds. The van der Waals surface area contributed by atoms with E-state index in [0.29, 0.717) is 18.0 Å². The van der Waals surface area contributed by atoms with Crippen molar-refractivity contribution in [2.45, 2.75) is 56.5 Å². The lowest BCUT2D eigenvalue weighted by Crippen LogP contribution is -2.43. The normalized spacial score (nSPS) is 24.0. The number of aromatic nitrogens is 4.